The van der Waals surface area contributed by atoms with Crippen LogP contribution in [0.2, 0.25) is 0 Å². The number of nitrogens with one attached hydrogen (secondary N) is 1. The third kappa shape index (κ3) is 3.05. The zero-order valence-corrected chi connectivity index (χ0v) is 15.2. The van der Waals surface area contributed by atoms with Crippen LogP contribution in [0.3, 0.4) is 0 Å². The molecule has 1 saturated heterocycles. The molecule has 2 aliphatic rings. The van der Waals surface area contributed by atoms with Gasteiger partial charge in [0.2, 0.25) is 0 Å². The van der Waals surface area contributed by atoms with E-state index >= 15 is 0 Å². The number of hydrogen-bond donors (Lipinski definition) is 2. The molecule has 1 aliphatic heterocycles. The summed E-state index contributed by atoms with van der Waals surface area (Å²) in [6, 6.07) is 9.06. The molecule has 1 aromatic carbocycles. The number of para-hydroxylation sites is 1. The average Bonchev–Trinajstić information content (AvgIpc) is 3.36. The third-order valence-electron chi connectivity index (χ3n) is 5.90. The predicted octanol–water partition coefficient (Wildman–Crippen LogP) is 2.22. The average molecular weight is 369 g/mol. The fraction of sp³-hybridized carbons (Fsp3) is 0.474. The normalized spacial score (nSPS) is 25.2. The number of fused-ring (bicyclic) bond motifs is 1. The number of carbonyl (C=O) groups excluding carboxylic acids is 1. The van der Waals surface area contributed by atoms with Gasteiger partial charge in [0.05, 0.1) is 23.3 Å². The maximum absolute atomic E-state index is 12.7. The van der Waals surface area contributed by atoms with E-state index in [9.17, 15) is 14.7 Å². The summed E-state index contributed by atoms with van der Waals surface area (Å²) in [6.45, 7) is 2.63. The van der Waals surface area contributed by atoms with Gasteiger partial charge in [-0.2, -0.15) is 0 Å². The molecule has 142 valence electrons. The van der Waals surface area contributed by atoms with E-state index in [0.717, 1.165) is 18.5 Å². The highest BCUT2D eigenvalue weighted by Crippen LogP contribution is 2.48. The standard InChI is InChI=1S/C19H23N5O3/c1-13(16-11-24(22-21-16)15-7-3-2-4-8-15)20-18(27)23-10-14-6-5-9-19(14,12-23)17(25)26/h2-4,7-8,11,13-14H,5-6,9-10,12H2,1H3,(H,20,27)(H,25,26)/t13?,14-,19+/m0/s1. The van der Waals surface area contributed by atoms with Gasteiger partial charge in [0.15, 0.2) is 0 Å². The van der Waals surface area contributed by atoms with Crippen LogP contribution in [0.1, 0.15) is 37.9 Å². The molecule has 3 atom stereocenters. The number of carboxylic acids is 1. The van der Waals surface area contributed by atoms with E-state index in [-0.39, 0.29) is 24.5 Å². The summed E-state index contributed by atoms with van der Waals surface area (Å²) in [4.78, 5) is 26.1. The van der Waals surface area contributed by atoms with E-state index in [1.807, 2.05) is 37.3 Å². The Hall–Kier alpha value is -2.90. The molecule has 1 aromatic heterocycles. The molecule has 4 rings (SSSR count). The Bertz CT molecular complexity index is 852. The first kappa shape index (κ1) is 17.5. The minimum atomic E-state index is -0.779. The van der Waals surface area contributed by atoms with Crippen LogP contribution in [-0.2, 0) is 4.79 Å². The lowest BCUT2D eigenvalue weighted by atomic mass is 9.81. The second-order valence-corrected chi connectivity index (χ2v) is 7.53. The molecular weight excluding hydrogens is 346 g/mol. The summed E-state index contributed by atoms with van der Waals surface area (Å²) in [6.07, 6.45) is 4.23. The van der Waals surface area contributed by atoms with Gasteiger partial charge in [-0.05, 0) is 37.8 Å². The van der Waals surface area contributed by atoms with E-state index in [1.165, 1.54) is 0 Å². The minimum absolute atomic E-state index is 0.0509. The molecule has 1 aliphatic carbocycles. The lowest BCUT2D eigenvalue weighted by Gasteiger charge is -2.24. The molecule has 8 heteroatoms. The van der Waals surface area contributed by atoms with Crippen LogP contribution >= 0.6 is 0 Å². The Morgan fingerprint density at radius 2 is 2.11 bits per heavy atom. The molecular formula is C19H23N5O3. The smallest absolute Gasteiger partial charge is 0.317 e. The third-order valence-corrected chi connectivity index (χ3v) is 5.90. The fourth-order valence-electron chi connectivity index (χ4n) is 4.33. The first-order valence-corrected chi connectivity index (χ1v) is 9.26. The number of rotatable bonds is 4. The molecule has 0 spiro atoms. The number of likely N-dealkylation sites (tertiary alicyclic amines) is 1. The summed E-state index contributed by atoms with van der Waals surface area (Å²) < 4.78 is 1.66. The van der Waals surface area contributed by atoms with Gasteiger partial charge in [0.1, 0.15) is 5.69 Å². The van der Waals surface area contributed by atoms with Gasteiger partial charge in [-0.25, -0.2) is 9.48 Å². The number of hydrogen-bond acceptors (Lipinski definition) is 4. The summed E-state index contributed by atoms with van der Waals surface area (Å²) >= 11 is 0. The lowest BCUT2D eigenvalue weighted by Crippen LogP contribution is -2.42. The molecule has 27 heavy (non-hydrogen) atoms. The van der Waals surface area contributed by atoms with Gasteiger partial charge in [0.25, 0.3) is 0 Å². The monoisotopic (exact) mass is 369 g/mol. The number of urea groups is 1. The number of benzene rings is 1. The Morgan fingerprint density at radius 3 is 2.81 bits per heavy atom. The minimum Gasteiger partial charge on any atom is -0.481 e. The topological polar surface area (TPSA) is 100 Å². The number of carboxylic acid groups (broad SMARTS) is 1. The van der Waals surface area contributed by atoms with E-state index in [2.05, 4.69) is 15.6 Å². The van der Waals surface area contributed by atoms with Crippen LogP contribution in [0, 0.1) is 11.3 Å². The van der Waals surface area contributed by atoms with Crippen molar-refractivity contribution in [2.24, 2.45) is 11.3 Å². The van der Waals surface area contributed by atoms with Crippen LogP contribution in [0.25, 0.3) is 5.69 Å². The van der Waals surface area contributed by atoms with Crippen LogP contribution in [-0.4, -0.2) is 50.1 Å². The summed E-state index contributed by atoms with van der Waals surface area (Å²) in [5.41, 5.74) is 0.780. The fourth-order valence-corrected chi connectivity index (χ4v) is 4.33. The van der Waals surface area contributed by atoms with E-state index < -0.39 is 11.4 Å². The summed E-state index contributed by atoms with van der Waals surface area (Å²) in [5.74, 6) is -0.728. The van der Waals surface area contributed by atoms with Crippen molar-refractivity contribution < 1.29 is 14.7 Å². The Kier molecular flexibility index (Phi) is 4.33. The highest BCUT2D eigenvalue weighted by atomic mass is 16.4. The molecule has 2 aromatic rings. The molecule has 8 nitrogen and oxygen atoms in total. The van der Waals surface area contributed by atoms with Crippen LogP contribution in [0.15, 0.2) is 36.5 Å². The zero-order chi connectivity index (χ0) is 19.0. The van der Waals surface area contributed by atoms with Crippen molar-refractivity contribution in [2.75, 3.05) is 13.1 Å². The largest absolute Gasteiger partial charge is 0.481 e. The molecule has 2 amide bonds. The van der Waals surface area contributed by atoms with Crippen LogP contribution in [0.4, 0.5) is 4.79 Å². The van der Waals surface area contributed by atoms with E-state index in [1.54, 1.807) is 15.8 Å². The first-order chi connectivity index (χ1) is 13.0. The van der Waals surface area contributed by atoms with Crippen LogP contribution in [0.5, 0.6) is 0 Å². The number of amides is 2. The summed E-state index contributed by atoms with van der Waals surface area (Å²) in [5, 5.41) is 20.9. The second-order valence-electron chi connectivity index (χ2n) is 7.53. The van der Waals surface area contributed by atoms with Crippen molar-refractivity contribution in [1.82, 2.24) is 25.2 Å². The van der Waals surface area contributed by atoms with Gasteiger partial charge >= 0.3 is 12.0 Å². The van der Waals surface area contributed by atoms with Crippen molar-refractivity contribution in [1.29, 1.82) is 0 Å². The Morgan fingerprint density at radius 1 is 1.33 bits per heavy atom. The highest BCUT2D eigenvalue weighted by molar-refractivity contribution is 5.80. The SMILES string of the molecule is CC(NC(=O)N1C[C@@H]2CCC[C@@]2(C(=O)O)C1)c1cn(-c2ccccc2)nn1. The number of aromatic nitrogens is 3. The van der Waals surface area contributed by atoms with Crippen LogP contribution < -0.4 is 5.32 Å². The molecule has 1 saturated carbocycles. The van der Waals surface area contributed by atoms with Crippen molar-refractivity contribution in [3.05, 3.63) is 42.2 Å². The Labute approximate surface area is 157 Å². The molecule has 0 bridgehead atoms. The maximum Gasteiger partial charge on any atom is 0.317 e. The molecule has 2 heterocycles. The lowest BCUT2D eigenvalue weighted by molar-refractivity contribution is -0.149. The first-order valence-electron chi connectivity index (χ1n) is 9.26. The molecule has 2 fully saturated rings. The molecule has 2 N–H and O–H groups in total. The number of aliphatic carboxylic acids is 1. The van der Waals surface area contributed by atoms with Gasteiger partial charge in [0, 0.05) is 13.1 Å². The van der Waals surface area contributed by atoms with Gasteiger partial charge in [-0.3, -0.25) is 4.79 Å². The van der Waals surface area contributed by atoms with Crippen molar-refractivity contribution in [2.45, 2.75) is 32.2 Å². The zero-order valence-electron chi connectivity index (χ0n) is 15.2. The molecule has 1 unspecified atom stereocenters. The van der Waals surface area contributed by atoms with E-state index in [4.69, 9.17) is 0 Å². The van der Waals surface area contributed by atoms with Crippen molar-refractivity contribution in [3.63, 3.8) is 0 Å². The number of nitrogens with zero attached hydrogens (tertiary/aromatic N) is 4. The van der Waals surface area contributed by atoms with Gasteiger partial charge in [-0.15, -0.1) is 5.10 Å². The molecule has 0 radical (unpaired) electrons. The van der Waals surface area contributed by atoms with Gasteiger partial charge < -0.3 is 15.3 Å². The van der Waals surface area contributed by atoms with Crippen molar-refractivity contribution >= 4 is 12.0 Å². The van der Waals surface area contributed by atoms with Crippen molar-refractivity contribution in [3.8, 4) is 5.69 Å². The second kappa shape index (κ2) is 6.68. The van der Waals surface area contributed by atoms with E-state index in [0.29, 0.717) is 18.7 Å². The summed E-state index contributed by atoms with van der Waals surface area (Å²) in [7, 11) is 0. The maximum atomic E-state index is 12.7. The number of carbonyl (C=O) groups is 2. The highest BCUT2D eigenvalue weighted by Gasteiger charge is 2.55. The quantitative estimate of drug-likeness (QED) is 0.861. The van der Waals surface area contributed by atoms with Gasteiger partial charge in [-0.1, -0.05) is 29.8 Å². The predicted molar refractivity (Wildman–Crippen MR) is 97.3 cm³/mol. The Balaban J connectivity index is 1.42.